The molecular weight excluding hydrogens is 460 g/mol. The Morgan fingerprint density at radius 2 is 1.14 bits per heavy atom. The van der Waals surface area contributed by atoms with Crippen molar-refractivity contribution in [1.29, 1.82) is 0 Å². The number of hydrogen-bond donors (Lipinski definition) is 0. The molecule has 0 bridgehead atoms. The predicted molar refractivity (Wildman–Crippen MR) is 151 cm³/mol. The predicted octanol–water partition coefficient (Wildman–Crippen LogP) is 8.06. The third kappa shape index (κ3) is 3.43. The summed E-state index contributed by atoms with van der Waals surface area (Å²) in [6.07, 6.45) is 0. The highest BCUT2D eigenvalue weighted by Crippen LogP contribution is 2.32. The molecule has 0 fully saturated rings. The first-order chi connectivity index (χ1) is 17.7. The molecular formula is C32H20N2OS. The van der Waals surface area contributed by atoms with Crippen LogP contribution in [0.4, 0.5) is 0 Å². The molecule has 4 heteroatoms. The van der Waals surface area contributed by atoms with E-state index in [-0.39, 0.29) is 5.56 Å². The van der Waals surface area contributed by atoms with E-state index in [9.17, 15) is 4.79 Å². The van der Waals surface area contributed by atoms with Crippen molar-refractivity contribution in [2.45, 2.75) is 0 Å². The third-order valence-electron chi connectivity index (χ3n) is 6.65. The van der Waals surface area contributed by atoms with Crippen molar-refractivity contribution < 1.29 is 0 Å². The molecule has 2 heterocycles. The van der Waals surface area contributed by atoms with E-state index in [1.165, 1.54) is 11.1 Å². The summed E-state index contributed by atoms with van der Waals surface area (Å²) in [4.78, 5) is 19.1. The van der Waals surface area contributed by atoms with E-state index in [4.69, 9.17) is 4.98 Å². The maximum absolute atomic E-state index is 13.5. The highest BCUT2D eigenvalue weighted by Gasteiger charge is 2.13. The molecule has 5 aromatic carbocycles. The van der Waals surface area contributed by atoms with E-state index in [0.29, 0.717) is 10.3 Å². The van der Waals surface area contributed by atoms with Crippen molar-refractivity contribution >= 4 is 37.4 Å². The maximum Gasteiger partial charge on any atom is 0.266 e. The molecule has 0 radical (unpaired) electrons. The van der Waals surface area contributed by atoms with E-state index >= 15 is 0 Å². The Bertz CT molecular complexity index is 1950. The number of fused-ring (bicyclic) bond motifs is 4. The molecule has 0 aliphatic heterocycles. The van der Waals surface area contributed by atoms with Crippen LogP contribution in [0.25, 0.3) is 59.5 Å². The first kappa shape index (κ1) is 20.8. The summed E-state index contributed by atoms with van der Waals surface area (Å²) in [5.74, 6) is 0. The molecule has 7 aromatic rings. The van der Waals surface area contributed by atoms with E-state index in [1.807, 2.05) is 48.5 Å². The van der Waals surface area contributed by atoms with Gasteiger partial charge in [-0.3, -0.25) is 9.20 Å². The van der Waals surface area contributed by atoms with Crippen molar-refractivity contribution in [1.82, 2.24) is 9.38 Å². The van der Waals surface area contributed by atoms with Gasteiger partial charge in [-0.2, -0.15) is 0 Å². The van der Waals surface area contributed by atoms with E-state index in [1.54, 1.807) is 15.7 Å². The second kappa shape index (κ2) is 8.29. The van der Waals surface area contributed by atoms with Crippen molar-refractivity contribution in [2.75, 3.05) is 0 Å². The Morgan fingerprint density at radius 1 is 0.556 bits per heavy atom. The lowest BCUT2D eigenvalue weighted by Gasteiger charge is -2.06. The summed E-state index contributed by atoms with van der Waals surface area (Å²) < 4.78 is 2.79. The summed E-state index contributed by atoms with van der Waals surface area (Å²) in [6.45, 7) is 0. The van der Waals surface area contributed by atoms with Crippen LogP contribution in [0.1, 0.15) is 0 Å². The van der Waals surface area contributed by atoms with Gasteiger partial charge in [-0.25, -0.2) is 4.98 Å². The van der Waals surface area contributed by atoms with Gasteiger partial charge in [0.25, 0.3) is 5.56 Å². The van der Waals surface area contributed by atoms with Gasteiger partial charge in [0.2, 0.25) is 0 Å². The molecule has 0 saturated heterocycles. The van der Waals surface area contributed by atoms with Crippen LogP contribution in [-0.2, 0) is 0 Å². The fraction of sp³-hybridized carbons (Fsp3) is 0. The largest absolute Gasteiger partial charge is 0.268 e. The summed E-state index contributed by atoms with van der Waals surface area (Å²) >= 11 is 1.55. The van der Waals surface area contributed by atoms with Gasteiger partial charge >= 0.3 is 0 Å². The number of rotatable bonds is 3. The van der Waals surface area contributed by atoms with Crippen LogP contribution in [0.15, 0.2) is 126 Å². The molecule has 0 spiro atoms. The second-order valence-electron chi connectivity index (χ2n) is 8.86. The molecule has 2 aromatic heterocycles. The van der Waals surface area contributed by atoms with Gasteiger partial charge in [-0.15, -0.1) is 0 Å². The first-order valence-corrected chi connectivity index (χ1v) is 12.7. The van der Waals surface area contributed by atoms with Crippen LogP contribution in [0.2, 0.25) is 0 Å². The molecule has 0 aliphatic carbocycles. The van der Waals surface area contributed by atoms with Crippen LogP contribution in [-0.4, -0.2) is 9.38 Å². The van der Waals surface area contributed by atoms with E-state index in [2.05, 4.69) is 72.8 Å². The minimum absolute atomic E-state index is 0.0281. The normalized spacial score (nSPS) is 11.4. The minimum Gasteiger partial charge on any atom is -0.268 e. The van der Waals surface area contributed by atoms with Crippen molar-refractivity contribution in [3.05, 3.63) is 132 Å². The van der Waals surface area contributed by atoms with Gasteiger partial charge in [0.1, 0.15) is 0 Å². The highest BCUT2D eigenvalue weighted by atomic mass is 32.1. The quantitative estimate of drug-likeness (QED) is 0.256. The molecule has 0 unspecified atom stereocenters. The van der Waals surface area contributed by atoms with Crippen LogP contribution < -0.4 is 5.56 Å². The monoisotopic (exact) mass is 480 g/mol. The number of aromatic nitrogens is 2. The first-order valence-electron chi connectivity index (χ1n) is 11.8. The fourth-order valence-corrected chi connectivity index (χ4v) is 5.89. The van der Waals surface area contributed by atoms with Crippen LogP contribution in [0.3, 0.4) is 0 Å². The Labute approximate surface area is 211 Å². The lowest BCUT2D eigenvalue weighted by atomic mass is 9.99. The van der Waals surface area contributed by atoms with Gasteiger partial charge in [-0.1, -0.05) is 102 Å². The summed E-state index contributed by atoms with van der Waals surface area (Å²) in [6, 6.07) is 41.4. The molecule has 7 rings (SSSR count). The highest BCUT2D eigenvalue weighted by molar-refractivity contribution is 7.23. The zero-order valence-corrected chi connectivity index (χ0v) is 20.1. The molecule has 0 N–H and O–H groups in total. The van der Waals surface area contributed by atoms with E-state index in [0.717, 1.165) is 38.0 Å². The molecule has 0 amide bonds. The molecule has 3 nitrogen and oxygen atoms in total. The topological polar surface area (TPSA) is 34.4 Å². The SMILES string of the molecule is O=c1c2ccc(-c3ccccc3)cc2nc2sc3cc(-c4cccc(-c5ccccc5)c4)ccc3n12. The van der Waals surface area contributed by atoms with Crippen LogP contribution >= 0.6 is 11.3 Å². The Kier molecular flexibility index (Phi) is 4.79. The Hall–Kier alpha value is -4.54. The molecule has 0 saturated carbocycles. The Balaban J connectivity index is 1.37. The summed E-state index contributed by atoms with van der Waals surface area (Å²) in [5, 5.41) is 0.631. The van der Waals surface area contributed by atoms with Crippen molar-refractivity contribution in [2.24, 2.45) is 0 Å². The summed E-state index contributed by atoms with van der Waals surface area (Å²) in [5.41, 5.74) is 8.40. The zero-order valence-electron chi connectivity index (χ0n) is 19.3. The van der Waals surface area contributed by atoms with Gasteiger partial charge in [0, 0.05) is 0 Å². The molecule has 0 aliphatic rings. The number of benzene rings is 5. The average Bonchev–Trinajstić information content (AvgIpc) is 3.31. The molecule has 36 heavy (non-hydrogen) atoms. The van der Waals surface area contributed by atoms with Gasteiger partial charge in [-0.05, 0) is 63.7 Å². The van der Waals surface area contributed by atoms with Crippen LogP contribution in [0, 0.1) is 0 Å². The minimum atomic E-state index is -0.0281. The Morgan fingerprint density at radius 3 is 1.86 bits per heavy atom. The number of thiazole rings is 1. The van der Waals surface area contributed by atoms with E-state index < -0.39 is 0 Å². The van der Waals surface area contributed by atoms with Gasteiger partial charge in [0.15, 0.2) is 4.96 Å². The number of hydrogen-bond acceptors (Lipinski definition) is 3. The van der Waals surface area contributed by atoms with Gasteiger partial charge < -0.3 is 0 Å². The molecule has 0 atom stereocenters. The lowest BCUT2D eigenvalue weighted by molar-refractivity contribution is 1.16. The fourth-order valence-electron chi connectivity index (χ4n) is 4.82. The zero-order chi connectivity index (χ0) is 24.1. The average molecular weight is 481 g/mol. The second-order valence-corrected chi connectivity index (χ2v) is 9.87. The van der Waals surface area contributed by atoms with Crippen molar-refractivity contribution in [3.63, 3.8) is 0 Å². The lowest BCUT2D eigenvalue weighted by Crippen LogP contribution is -2.13. The smallest absolute Gasteiger partial charge is 0.266 e. The third-order valence-corrected chi connectivity index (χ3v) is 7.65. The summed E-state index contributed by atoms with van der Waals surface area (Å²) in [7, 11) is 0. The molecule has 170 valence electrons. The maximum atomic E-state index is 13.5. The van der Waals surface area contributed by atoms with Crippen molar-refractivity contribution in [3.8, 4) is 33.4 Å². The number of nitrogens with zero attached hydrogens (tertiary/aromatic N) is 2. The standard InChI is InChI=1S/C32H20N2OS/c35-31-27-16-14-25(22-10-5-2-6-11-22)19-28(27)33-32-34(31)29-17-15-26(20-30(29)36-32)24-13-7-12-23(18-24)21-8-3-1-4-9-21/h1-20H. The van der Waals surface area contributed by atoms with Crippen LogP contribution in [0.5, 0.6) is 0 Å². The van der Waals surface area contributed by atoms with Gasteiger partial charge in [0.05, 0.1) is 21.1 Å².